The summed E-state index contributed by atoms with van der Waals surface area (Å²) >= 11 is 1.31. The van der Waals surface area contributed by atoms with Gasteiger partial charge in [0.2, 0.25) is 5.76 Å². The maximum atomic E-state index is 12.7. The van der Waals surface area contributed by atoms with Crippen LogP contribution in [-0.4, -0.2) is 30.3 Å². The second-order valence-corrected chi connectivity index (χ2v) is 6.45. The van der Waals surface area contributed by atoms with Crippen LogP contribution in [0, 0.1) is 0 Å². The number of halogens is 3. The molecule has 10 heteroatoms. The van der Waals surface area contributed by atoms with E-state index in [1.165, 1.54) is 36.5 Å². The Hall–Kier alpha value is -2.85. The SMILES string of the molecule is C=CCONC(=O)c1csc(Cc2ccc(O/C=C(\OCC)C(F)(F)F)cc2)n1. The quantitative estimate of drug-likeness (QED) is 0.263. The van der Waals surface area contributed by atoms with E-state index < -0.39 is 17.8 Å². The fourth-order valence-corrected chi connectivity index (χ4v) is 2.84. The van der Waals surface area contributed by atoms with Gasteiger partial charge in [-0.3, -0.25) is 9.63 Å². The third-order valence-electron chi connectivity index (χ3n) is 3.31. The monoisotopic (exact) mass is 428 g/mol. The zero-order valence-corrected chi connectivity index (χ0v) is 16.3. The summed E-state index contributed by atoms with van der Waals surface area (Å²) in [5.74, 6) is -1.43. The van der Waals surface area contributed by atoms with Crippen molar-refractivity contribution < 1.29 is 32.3 Å². The van der Waals surface area contributed by atoms with Gasteiger partial charge in [0.1, 0.15) is 17.7 Å². The molecule has 6 nitrogen and oxygen atoms in total. The maximum Gasteiger partial charge on any atom is 0.452 e. The van der Waals surface area contributed by atoms with Crippen molar-refractivity contribution in [3.63, 3.8) is 0 Å². The fraction of sp³-hybridized carbons (Fsp3) is 0.263. The van der Waals surface area contributed by atoms with Crippen LogP contribution < -0.4 is 10.2 Å². The number of carbonyl (C=O) groups is 1. The largest absolute Gasteiger partial charge is 0.487 e. The van der Waals surface area contributed by atoms with Crippen molar-refractivity contribution in [2.24, 2.45) is 0 Å². The first-order valence-corrected chi connectivity index (χ1v) is 9.34. The van der Waals surface area contributed by atoms with Gasteiger partial charge in [-0.2, -0.15) is 13.2 Å². The van der Waals surface area contributed by atoms with Gasteiger partial charge in [-0.1, -0.05) is 18.2 Å². The highest BCUT2D eigenvalue weighted by atomic mass is 32.1. The molecule has 0 radical (unpaired) electrons. The first-order valence-electron chi connectivity index (χ1n) is 8.46. The smallest absolute Gasteiger partial charge is 0.452 e. The molecular formula is C19H19F3N2O4S. The van der Waals surface area contributed by atoms with Gasteiger partial charge in [-0.15, -0.1) is 17.9 Å². The number of nitrogens with one attached hydrogen (secondary N) is 1. The number of amides is 1. The number of hydrogen-bond donors (Lipinski definition) is 1. The third kappa shape index (κ3) is 7.24. The van der Waals surface area contributed by atoms with E-state index in [9.17, 15) is 18.0 Å². The molecule has 0 aliphatic carbocycles. The van der Waals surface area contributed by atoms with E-state index in [0.29, 0.717) is 17.7 Å². The Morgan fingerprint density at radius 3 is 2.66 bits per heavy atom. The Kier molecular flexibility index (Phi) is 8.22. The standard InChI is InChI=1S/C19H19F3N2O4S/c1-3-9-28-24-18(25)15-12-29-17(23-15)10-13-5-7-14(8-6-13)27-11-16(26-4-2)19(20,21)22/h3,5-8,11-12H,1,4,9-10H2,2H3,(H,24,25)/b16-11-. The molecular weight excluding hydrogens is 409 g/mol. The molecule has 0 aliphatic rings. The Bertz CT molecular complexity index is 848. The first kappa shape index (κ1) is 22.4. The van der Waals surface area contributed by atoms with Crippen LogP contribution in [0.15, 0.2) is 54.3 Å². The average Bonchev–Trinajstić information content (AvgIpc) is 3.14. The molecule has 0 unspecified atom stereocenters. The zero-order valence-electron chi connectivity index (χ0n) is 15.5. The van der Waals surface area contributed by atoms with Gasteiger partial charge in [0.25, 0.3) is 5.91 Å². The van der Waals surface area contributed by atoms with Crippen LogP contribution in [0.5, 0.6) is 5.75 Å². The molecule has 1 aromatic carbocycles. The molecule has 0 atom stereocenters. The summed E-state index contributed by atoms with van der Waals surface area (Å²) in [5, 5.41) is 2.31. The molecule has 1 N–H and O–H groups in total. The van der Waals surface area contributed by atoms with Crippen molar-refractivity contribution in [1.29, 1.82) is 0 Å². The maximum absolute atomic E-state index is 12.7. The van der Waals surface area contributed by atoms with Crippen LogP contribution in [0.2, 0.25) is 0 Å². The van der Waals surface area contributed by atoms with Crippen molar-refractivity contribution in [3.8, 4) is 5.75 Å². The van der Waals surface area contributed by atoms with E-state index in [4.69, 9.17) is 9.57 Å². The second kappa shape index (κ2) is 10.6. The molecule has 0 bridgehead atoms. The van der Waals surface area contributed by atoms with E-state index in [0.717, 1.165) is 5.56 Å². The molecule has 1 amide bonds. The van der Waals surface area contributed by atoms with E-state index in [1.54, 1.807) is 17.5 Å². The van der Waals surface area contributed by atoms with Crippen LogP contribution >= 0.6 is 11.3 Å². The Morgan fingerprint density at radius 1 is 1.31 bits per heavy atom. The summed E-state index contributed by atoms with van der Waals surface area (Å²) in [4.78, 5) is 20.9. The molecule has 156 valence electrons. The van der Waals surface area contributed by atoms with Gasteiger partial charge in [-0.25, -0.2) is 10.5 Å². The predicted octanol–water partition coefficient (Wildman–Crippen LogP) is 4.40. The minimum absolute atomic E-state index is 0.123. The molecule has 2 aromatic rings. The molecule has 1 heterocycles. The Morgan fingerprint density at radius 2 is 2.03 bits per heavy atom. The van der Waals surface area contributed by atoms with Crippen molar-refractivity contribution >= 4 is 17.2 Å². The highest BCUT2D eigenvalue weighted by Gasteiger charge is 2.36. The van der Waals surface area contributed by atoms with Crippen molar-refractivity contribution in [3.05, 3.63) is 70.6 Å². The normalized spacial score (nSPS) is 11.8. The molecule has 1 aromatic heterocycles. The van der Waals surface area contributed by atoms with Crippen molar-refractivity contribution in [1.82, 2.24) is 10.5 Å². The number of nitrogens with zero attached hydrogens (tertiary/aromatic N) is 1. The Labute approximate surface area is 169 Å². The number of rotatable bonds is 10. The molecule has 0 spiro atoms. The topological polar surface area (TPSA) is 69.7 Å². The zero-order chi connectivity index (χ0) is 21.3. The van der Waals surface area contributed by atoms with Gasteiger partial charge in [-0.05, 0) is 24.6 Å². The fourth-order valence-electron chi connectivity index (χ4n) is 2.04. The van der Waals surface area contributed by atoms with Crippen molar-refractivity contribution in [2.45, 2.75) is 19.5 Å². The van der Waals surface area contributed by atoms with Gasteiger partial charge in [0.15, 0.2) is 0 Å². The summed E-state index contributed by atoms with van der Waals surface area (Å²) in [6.45, 7) is 4.98. The molecule has 29 heavy (non-hydrogen) atoms. The number of alkyl halides is 3. The van der Waals surface area contributed by atoms with Crippen LogP contribution in [0.1, 0.15) is 28.0 Å². The number of aromatic nitrogens is 1. The highest BCUT2D eigenvalue weighted by Crippen LogP contribution is 2.27. The lowest BCUT2D eigenvalue weighted by molar-refractivity contribution is -0.132. The molecule has 0 fully saturated rings. The lowest BCUT2D eigenvalue weighted by atomic mass is 10.1. The van der Waals surface area contributed by atoms with Crippen LogP contribution in [0.4, 0.5) is 13.2 Å². The number of hydrogen-bond acceptors (Lipinski definition) is 6. The summed E-state index contributed by atoms with van der Waals surface area (Å²) in [7, 11) is 0. The van der Waals surface area contributed by atoms with E-state index in [1.807, 2.05) is 0 Å². The number of thiazole rings is 1. The second-order valence-electron chi connectivity index (χ2n) is 5.51. The van der Waals surface area contributed by atoms with Crippen LogP contribution in [-0.2, 0) is 16.0 Å². The lowest BCUT2D eigenvalue weighted by Crippen LogP contribution is -2.24. The van der Waals surface area contributed by atoms with Crippen LogP contribution in [0.3, 0.4) is 0 Å². The molecule has 0 saturated carbocycles. The number of ether oxygens (including phenoxy) is 2. The van der Waals surface area contributed by atoms with Crippen molar-refractivity contribution in [2.75, 3.05) is 13.2 Å². The minimum atomic E-state index is -4.62. The Balaban J connectivity index is 1.95. The van der Waals surface area contributed by atoms with E-state index in [2.05, 4.69) is 21.8 Å². The van der Waals surface area contributed by atoms with Gasteiger partial charge >= 0.3 is 6.18 Å². The third-order valence-corrected chi connectivity index (χ3v) is 4.16. The molecule has 2 rings (SSSR count). The van der Waals surface area contributed by atoms with Gasteiger partial charge < -0.3 is 9.47 Å². The van der Waals surface area contributed by atoms with Gasteiger partial charge in [0, 0.05) is 11.8 Å². The van der Waals surface area contributed by atoms with Gasteiger partial charge in [0.05, 0.1) is 18.2 Å². The first-order chi connectivity index (χ1) is 13.8. The predicted molar refractivity (Wildman–Crippen MR) is 101 cm³/mol. The summed E-state index contributed by atoms with van der Waals surface area (Å²) in [6, 6.07) is 6.48. The summed E-state index contributed by atoms with van der Waals surface area (Å²) in [6.07, 6.45) is -2.13. The molecule has 0 aliphatic heterocycles. The highest BCUT2D eigenvalue weighted by molar-refractivity contribution is 7.09. The number of hydroxylamine groups is 1. The van der Waals surface area contributed by atoms with Crippen LogP contribution in [0.25, 0.3) is 0 Å². The molecule has 0 saturated heterocycles. The number of benzene rings is 1. The number of allylic oxidation sites excluding steroid dienone is 1. The minimum Gasteiger partial charge on any atom is -0.487 e. The van der Waals surface area contributed by atoms with E-state index in [-0.39, 0.29) is 24.7 Å². The average molecular weight is 428 g/mol. The van der Waals surface area contributed by atoms with E-state index >= 15 is 0 Å². The summed E-state index contributed by atoms with van der Waals surface area (Å²) < 4.78 is 47.8. The number of carbonyl (C=O) groups excluding carboxylic acids is 1. The summed E-state index contributed by atoms with van der Waals surface area (Å²) in [5.41, 5.74) is 3.33. The lowest BCUT2D eigenvalue weighted by Gasteiger charge is -2.12.